The summed E-state index contributed by atoms with van der Waals surface area (Å²) >= 11 is 0. The van der Waals surface area contributed by atoms with Crippen LogP contribution >= 0.6 is 0 Å². The van der Waals surface area contributed by atoms with E-state index in [1.54, 1.807) is 19.2 Å². The molecular weight excluding hydrogens is 192 g/mol. The third kappa shape index (κ3) is 2.07. The van der Waals surface area contributed by atoms with Gasteiger partial charge in [0.05, 0.1) is 7.11 Å². The van der Waals surface area contributed by atoms with Gasteiger partial charge in [-0.25, -0.2) is 4.79 Å². The van der Waals surface area contributed by atoms with E-state index in [9.17, 15) is 4.79 Å². The highest BCUT2D eigenvalue weighted by Gasteiger charge is 2.01. The van der Waals surface area contributed by atoms with Gasteiger partial charge in [-0.1, -0.05) is 18.2 Å². The minimum Gasteiger partial charge on any atom is -0.497 e. The van der Waals surface area contributed by atoms with Crippen molar-refractivity contribution in [1.29, 1.82) is 0 Å². The Hall–Kier alpha value is -2.03. The summed E-state index contributed by atoms with van der Waals surface area (Å²) in [4.78, 5) is 11.0. The predicted molar refractivity (Wildman–Crippen MR) is 57.0 cm³/mol. The third-order valence-corrected chi connectivity index (χ3v) is 2.04. The van der Waals surface area contributed by atoms with Gasteiger partial charge in [0, 0.05) is 11.6 Å². The molecule has 0 aliphatic rings. The van der Waals surface area contributed by atoms with Crippen LogP contribution < -0.4 is 10.4 Å². The molecule has 0 bridgehead atoms. The van der Waals surface area contributed by atoms with E-state index in [2.05, 4.69) is 0 Å². The van der Waals surface area contributed by atoms with Crippen LogP contribution in [0.25, 0.3) is 11.3 Å². The Morgan fingerprint density at radius 1 is 1.13 bits per heavy atom. The number of hydrogen-bond donors (Lipinski definition) is 0. The van der Waals surface area contributed by atoms with E-state index in [1.165, 1.54) is 6.07 Å². The minimum atomic E-state index is -0.352. The van der Waals surface area contributed by atoms with E-state index in [1.807, 2.05) is 24.3 Å². The van der Waals surface area contributed by atoms with E-state index in [-0.39, 0.29) is 5.63 Å². The maximum atomic E-state index is 11.0. The van der Waals surface area contributed by atoms with Crippen LogP contribution in [0.1, 0.15) is 0 Å². The van der Waals surface area contributed by atoms with Crippen molar-refractivity contribution in [2.24, 2.45) is 0 Å². The van der Waals surface area contributed by atoms with E-state index in [0.29, 0.717) is 5.76 Å². The predicted octanol–water partition coefficient (Wildman–Crippen LogP) is 2.32. The van der Waals surface area contributed by atoms with Gasteiger partial charge >= 0.3 is 5.63 Å². The van der Waals surface area contributed by atoms with Gasteiger partial charge in [-0.3, -0.25) is 0 Å². The zero-order valence-electron chi connectivity index (χ0n) is 8.27. The SMILES string of the molecule is COc1cccc(-c2cccc(=O)o2)c1. The van der Waals surface area contributed by atoms with Crippen LogP contribution in [0.15, 0.2) is 51.7 Å². The molecule has 3 nitrogen and oxygen atoms in total. The molecule has 0 N–H and O–H groups in total. The summed E-state index contributed by atoms with van der Waals surface area (Å²) in [5.41, 5.74) is 0.474. The average Bonchev–Trinajstić information content (AvgIpc) is 2.29. The van der Waals surface area contributed by atoms with Gasteiger partial charge < -0.3 is 9.15 Å². The first-order valence-electron chi connectivity index (χ1n) is 4.54. The summed E-state index contributed by atoms with van der Waals surface area (Å²) in [5.74, 6) is 1.28. The second-order valence-corrected chi connectivity index (χ2v) is 3.04. The topological polar surface area (TPSA) is 39.4 Å². The van der Waals surface area contributed by atoms with Crippen molar-refractivity contribution in [3.05, 3.63) is 52.9 Å². The molecule has 2 rings (SSSR count). The molecule has 2 aromatic rings. The van der Waals surface area contributed by atoms with Crippen LogP contribution in [-0.4, -0.2) is 7.11 Å². The summed E-state index contributed by atoms with van der Waals surface area (Å²) < 4.78 is 10.1. The molecule has 0 unspecified atom stereocenters. The molecule has 0 aliphatic carbocycles. The highest BCUT2D eigenvalue weighted by atomic mass is 16.5. The molecule has 0 spiro atoms. The second-order valence-electron chi connectivity index (χ2n) is 3.04. The van der Waals surface area contributed by atoms with Crippen molar-refractivity contribution < 1.29 is 9.15 Å². The quantitative estimate of drug-likeness (QED) is 0.750. The molecule has 0 aliphatic heterocycles. The standard InChI is InChI=1S/C12H10O3/c1-14-10-5-2-4-9(8-10)11-6-3-7-12(13)15-11/h2-8H,1H3. The lowest BCUT2D eigenvalue weighted by Gasteiger charge is -2.02. The van der Waals surface area contributed by atoms with Crippen LogP contribution in [0.2, 0.25) is 0 Å². The number of ether oxygens (including phenoxy) is 1. The van der Waals surface area contributed by atoms with E-state index in [4.69, 9.17) is 9.15 Å². The molecule has 3 heteroatoms. The van der Waals surface area contributed by atoms with Gasteiger partial charge in [-0.15, -0.1) is 0 Å². The van der Waals surface area contributed by atoms with Gasteiger partial charge in [-0.05, 0) is 18.2 Å². The lowest BCUT2D eigenvalue weighted by Crippen LogP contribution is -1.95. The molecule has 0 saturated carbocycles. The van der Waals surface area contributed by atoms with Crippen LogP contribution in [0.5, 0.6) is 5.75 Å². The summed E-state index contributed by atoms with van der Waals surface area (Å²) in [6.07, 6.45) is 0. The van der Waals surface area contributed by atoms with Crippen LogP contribution in [-0.2, 0) is 0 Å². The second kappa shape index (κ2) is 4.00. The number of hydrogen-bond acceptors (Lipinski definition) is 3. The minimum absolute atomic E-state index is 0.352. The van der Waals surface area contributed by atoms with Gasteiger partial charge in [0.25, 0.3) is 0 Å². The molecule has 0 fully saturated rings. The van der Waals surface area contributed by atoms with Crippen molar-refractivity contribution >= 4 is 0 Å². The molecule has 1 aromatic heterocycles. The van der Waals surface area contributed by atoms with Crippen molar-refractivity contribution in [3.8, 4) is 17.1 Å². The molecule has 1 heterocycles. The molecule has 0 radical (unpaired) electrons. The van der Waals surface area contributed by atoms with Gasteiger partial charge in [-0.2, -0.15) is 0 Å². The Bertz CT molecular complexity index is 514. The summed E-state index contributed by atoms with van der Waals surface area (Å²) in [6, 6.07) is 12.2. The highest BCUT2D eigenvalue weighted by Crippen LogP contribution is 2.22. The largest absolute Gasteiger partial charge is 0.497 e. The van der Waals surface area contributed by atoms with Crippen molar-refractivity contribution in [2.75, 3.05) is 7.11 Å². The zero-order valence-corrected chi connectivity index (χ0v) is 8.27. The van der Waals surface area contributed by atoms with E-state index < -0.39 is 0 Å². The van der Waals surface area contributed by atoms with Crippen molar-refractivity contribution in [3.63, 3.8) is 0 Å². The number of methoxy groups -OCH3 is 1. The third-order valence-electron chi connectivity index (χ3n) is 2.04. The normalized spacial score (nSPS) is 9.93. The Balaban J connectivity index is 2.49. The van der Waals surface area contributed by atoms with E-state index >= 15 is 0 Å². The number of benzene rings is 1. The average molecular weight is 202 g/mol. The van der Waals surface area contributed by atoms with Crippen molar-refractivity contribution in [2.45, 2.75) is 0 Å². The summed E-state index contributed by atoms with van der Waals surface area (Å²) in [7, 11) is 1.60. The highest BCUT2D eigenvalue weighted by molar-refractivity contribution is 5.58. The fourth-order valence-corrected chi connectivity index (χ4v) is 1.32. The first-order chi connectivity index (χ1) is 7.29. The first kappa shape index (κ1) is 9.52. The Morgan fingerprint density at radius 2 is 1.93 bits per heavy atom. The summed E-state index contributed by atoms with van der Waals surface area (Å²) in [5, 5.41) is 0. The molecule has 0 atom stereocenters. The zero-order chi connectivity index (χ0) is 10.7. The lowest BCUT2D eigenvalue weighted by atomic mass is 10.1. The summed E-state index contributed by atoms with van der Waals surface area (Å²) in [6.45, 7) is 0. The lowest BCUT2D eigenvalue weighted by molar-refractivity contribution is 0.414. The fourth-order valence-electron chi connectivity index (χ4n) is 1.32. The molecule has 0 saturated heterocycles. The van der Waals surface area contributed by atoms with Gasteiger partial charge in [0.15, 0.2) is 0 Å². The molecule has 0 amide bonds. The molecular formula is C12H10O3. The maximum absolute atomic E-state index is 11.0. The van der Waals surface area contributed by atoms with Crippen LogP contribution in [0.4, 0.5) is 0 Å². The maximum Gasteiger partial charge on any atom is 0.336 e. The molecule has 15 heavy (non-hydrogen) atoms. The van der Waals surface area contributed by atoms with Crippen LogP contribution in [0, 0.1) is 0 Å². The van der Waals surface area contributed by atoms with Crippen molar-refractivity contribution in [1.82, 2.24) is 0 Å². The van der Waals surface area contributed by atoms with E-state index in [0.717, 1.165) is 11.3 Å². The van der Waals surface area contributed by atoms with Gasteiger partial charge in [0.2, 0.25) is 0 Å². The fraction of sp³-hybridized carbons (Fsp3) is 0.0833. The number of rotatable bonds is 2. The molecule has 1 aromatic carbocycles. The monoisotopic (exact) mass is 202 g/mol. The molecule has 76 valence electrons. The van der Waals surface area contributed by atoms with Crippen LogP contribution in [0.3, 0.4) is 0 Å². The Morgan fingerprint density at radius 3 is 2.67 bits per heavy atom. The Labute approximate surface area is 86.9 Å². The Kier molecular flexibility index (Phi) is 2.54. The van der Waals surface area contributed by atoms with Gasteiger partial charge in [0.1, 0.15) is 11.5 Å². The first-order valence-corrected chi connectivity index (χ1v) is 4.54. The smallest absolute Gasteiger partial charge is 0.336 e.